The van der Waals surface area contributed by atoms with Gasteiger partial charge in [0.1, 0.15) is 5.75 Å². The number of aromatic amines is 1. The van der Waals surface area contributed by atoms with Crippen LogP contribution in [0.5, 0.6) is 5.75 Å². The van der Waals surface area contributed by atoms with Crippen molar-refractivity contribution < 1.29 is 19.1 Å². The van der Waals surface area contributed by atoms with Crippen LogP contribution in [0.25, 0.3) is 0 Å². The molecule has 3 fully saturated rings. The Bertz CT molecular complexity index is 1960. The van der Waals surface area contributed by atoms with Gasteiger partial charge in [0.05, 0.1) is 22.5 Å². The summed E-state index contributed by atoms with van der Waals surface area (Å²) < 4.78 is 6.17. The number of rotatable bonds is 6. The van der Waals surface area contributed by atoms with Crippen molar-refractivity contribution in [2.45, 2.75) is 36.5 Å². The molecule has 3 aromatic carbocycles. The molecule has 234 valence electrons. The summed E-state index contributed by atoms with van der Waals surface area (Å²) in [6.45, 7) is 3.74. The first-order valence-electron chi connectivity index (χ1n) is 15.3. The number of halogens is 1. The van der Waals surface area contributed by atoms with Crippen LogP contribution in [-0.4, -0.2) is 34.6 Å². The van der Waals surface area contributed by atoms with E-state index < -0.39 is 5.92 Å². The number of amides is 3. The number of thioether (sulfide) groups is 1. The number of aromatic nitrogens is 1. The van der Waals surface area contributed by atoms with Gasteiger partial charge in [-0.3, -0.25) is 24.1 Å². The zero-order valence-corrected chi connectivity index (χ0v) is 27.4. The van der Waals surface area contributed by atoms with E-state index >= 15 is 0 Å². The predicted octanol–water partition coefficient (Wildman–Crippen LogP) is 6.40. The van der Waals surface area contributed by atoms with Gasteiger partial charge in [0, 0.05) is 32.3 Å². The molecular weight excluding hydrogens is 642 g/mol. The third-order valence-corrected chi connectivity index (χ3v) is 12.8. The average Bonchev–Trinajstić information content (AvgIpc) is 3.77. The van der Waals surface area contributed by atoms with Crippen LogP contribution in [0.3, 0.4) is 0 Å². The number of nitrogens with one attached hydrogen (secondary N) is 2. The van der Waals surface area contributed by atoms with E-state index in [1.165, 1.54) is 4.90 Å². The molecule has 0 unspecified atom stereocenters. The average molecular weight is 672 g/mol. The molecule has 2 aliphatic heterocycles. The Hall–Kier alpha value is -3.86. The van der Waals surface area contributed by atoms with Crippen LogP contribution < -0.4 is 19.8 Å². The lowest BCUT2D eigenvalue weighted by Crippen LogP contribution is -2.42. The summed E-state index contributed by atoms with van der Waals surface area (Å²) >= 11 is 9.38. The van der Waals surface area contributed by atoms with Crippen molar-refractivity contribution in [3.05, 3.63) is 103 Å². The van der Waals surface area contributed by atoms with Crippen LogP contribution in [0.1, 0.15) is 33.9 Å². The summed E-state index contributed by atoms with van der Waals surface area (Å²) in [7, 11) is 0. The van der Waals surface area contributed by atoms with E-state index in [9.17, 15) is 19.2 Å². The molecule has 1 saturated heterocycles. The third kappa shape index (κ3) is 4.72. The molecule has 2 N–H and O–H groups in total. The van der Waals surface area contributed by atoms with Gasteiger partial charge in [-0.1, -0.05) is 58.3 Å². The van der Waals surface area contributed by atoms with Crippen LogP contribution in [0.15, 0.2) is 76.6 Å². The number of nitrogens with zero attached hydrogens (tertiary/aromatic N) is 1. The third-order valence-electron chi connectivity index (χ3n) is 10.0. The van der Waals surface area contributed by atoms with Gasteiger partial charge in [0.15, 0.2) is 6.61 Å². The number of fused-ring (bicyclic) bond motifs is 9. The first kappa shape index (κ1) is 29.5. The largest absolute Gasteiger partial charge is 0.483 e. The van der Waals surface area contributed by atoms with Gasteiger partial charge in [-0.25, -0.2) is 0 Å². The summed E-state index contributed by atoms with van der Waals surface area (Å²) in [5.41, 5.74) is 4.21. The Morgan fingerprint density at radius 1 is 0.957 bits per heavy atom. The summed E-state index contributed by atoms with van der Waals surface area (Å²) in [6.07, 6.45) is 0.766. The van der Waals surface area contributed by atoms with E-state index in [0.29, 0.717) is 22.1 Å². The number of carbonyl (C=O) groups is 3. The number of benzene rings is 3. The van der Waals surface area contributed by atoms with E-state index in [0.717, 1.165) is 44.4 Å². The molecule has 3 heterocycles. The highest BCUT2D eigenvalue weighted by atomic mass is 35.5. The molecule has 2 bridgehead atoms. The van der Waals surface area contributed by atoms with Gasteiger partial charge in [0.2, 0.25) is 11.8 Å². The van der Waals surface area contributed by atoms with Gasteiger partial charge in [0.25, 0.3) is 5.91 Å². The minimum absolute atomic E-state index is 0.0141. The lowest BCUT2D eigenvalue weighted by Gasteiger charge is -2.43. The Kier molecular flexibility index (Phi) is 7.15. The number of hydrogen-bond acceptors (Lipinski definition) is 7. The fraction of sp³-hybridized carbons (Fsp3) is 0.314. The number of imide groups is 1. The maximum Gasteiger partial charge on any atom is 0.305 e. The molecule has 8 nitrogen and oxygen atoms in total. The number of ether oxygens (including phenoxy) is 1. The number of thiazole rings is 1. The molecular formula is C35H30ClN3O5S2. The first-order chi connectivity index (χ1) is 22.2. The molecule has 2 aliphatic carbocycles. The fourth-order valence-corrected chi connectivity index (χ4v) is 11.2. The van der Waals surface area contributed by atoms with Crippen LogP contribution in [0.2, 0.25) is 5.02 Å². The quantitative estimate of drug-likeness (QED) is 0.230. The smallest absolute Gasteiger partial charge is 0.305 e. The van der Waals surface area contributed by atoms with Crippen LogP contribution >= 0.6 is 34.7 Å². The van der Waals surface area contributed by atoms with Crippen molar-refractivity contribution >= 4 is 63.8 Å². The summed E-state index contributed by atoms with van der Waals surface area (Å²) in [4.78, 5) is 58.7. The van der Waals surface area contributed by atoms with Gasteiger partial charge in [-0.15, -0.1) is 11.8 Å². The minimum Gasteiger partial charge on any atom is -0.483 e. The maximum atomic E-state index is 14.1. The molecule has 11 heteroatoms. The number of aryl methyl sites for hydroxylation is 2. The summed E-state index contributed by atoms with van der Waals surface area (Å²) in [6, 6.07) is 20.4. The highest BCUT2D eigenvalue weighted by Crippen LogP contribution is 2.69. The molecule has 0 spiro atoms. The molecule has 46 heavy (non-hydrogen) atoms. The maximum absolute atomic E-state index is 14.1. The van der Waals surface area contributed by atoms with Crippen LogP contribution in [0, 0.1) is 43.4 Å². The van der Waals surface area contributed by atoms with Gasteiger partial charge < -0.3 is 15.0 Å². The minimum atomic E-state index is -0.427. The van der Waals surface area contributed by atoms with Crippen LogP contribution in [0.4, 0.5) is 11.4 Å². The van der Waals surface area contributed by atoms with Crippen molar-refractivity contribution in [2.24, 2.45) is 29.6 Å². The highest BCUT2D eigenvalue weighted by Gasteiger charge is 2.69. The Labute approximate surface area is 278 Å². The molecule has 2 saturated carbocycles. The second kappa shape index (κ2) is 11.1. The normalized spacial score (nSPS) is 27.4. The van der Waals surface area contributed by atoms with Gasteiger partial charge in [-0.2, -0.15) is 0 Å². The fourth-order valence-electron chi connectivity index (χ4n) is 8.18. The van der Waals surface area contributed by atoms with E-state index in [1.54, 1.807) is 23.9 Å². The number of H-pyrrole nitrogens is 1. The van der Waals surface area contributed by atoms with Crippen molar-refractivity contribution in [2.75, 3.05) is 16.8 Å². The van der Waals surface area contributed by atoms with E-state index in [4.69, 9.17) is 16.3 Å². The number of hydrogen-bond donors (Lipinski definition) is 2. The Balaban J connectivity index is 1.14. The molecule has 3 amide bonds. The van der Waals surface area contributed by atoms with Crippen molar-refractivity contribution in [3.8, 4) is 5.75 Å². The molecule has 4 aliphatic rings. The van der Waals surface area contributed by atoms with E-state index in [2.05, 4.69) is 10.3 Å². The van der Waals surface area contributed by atoms with E-state index in [1.807, 2.05) is 68.4 Å². The van der Waals surface area contributed by atoms with Crippen LogP contribution in [-0.2, 0) is 14.4 Å². The summed E-state index contributed by atoms with van der Waals surface area (Å²) in [5.74, 6) is -1.30. The zero-order chi connectivity index (χ0) is 31.9. The SMILES string of the molecule is Cc1ccc(NC(=O)COc2ccc(Cl)cc2[C@@H]2c3sc(=O)[nH]c3S[C@@H]3[C@@H]4C[C@@H]([C@@H]5C(=O)N(c6ccc(C)cc6)C(=O)[C@@H]45)[C@H]23)cc1. The standard InChI is InChI=1S/C35H30ClN3O5S2/c1-16-3-8-19(9-4-16)37-25(40)15-44-24-12-7-18(36)13-21(24)26-27-22-14-23(30(27)45-32-31(26)46-35(43)38-32)29-28(22)33(41)39(34(29)42)20-10-5-17(2)6-11-20/h3-13,22-23,26-30H,14-15H2,1-2H3,(H,37,40)(H,38,43)/t22-,23-,26+,27-,28+,29+,30-/m1/s1. The Morgan fingerprint density at radius 3 is 2.35 bits per heavy atom. The zero-order valence-electron chi connectivity index (χ0n) is 25.0. The number of anilines is 2. The second-order valence-corrected chi connectivity index (χ2v) is 15.3. The second-order valence-electron chi connectivity index (χ2n) is 12.7. The monoisotopic (exact) mass is 671 g/mol. The summed E-state index contributed by atoms with van der Waals surface area (Å²) in [5, 5.41) is 4.18. The lowest BCUT2D eigenvalue weighted by molar-refractivity contribution is -0.123. The first-order valence-corrected chi connectivity index (χ1v) is 17.4. The highest BCUT2D eigenvalue weighted by molar-refractivity contribution is 8.00. The van der Waals surface area contributed by atoms with Crippen molar-refractivity contribution in [1.82, 2.24) is 4.98 Å². The van der Waals surface area contributed by atoms with Gasteiger partial charge >= 0.3 is 4.87 Å². The van der Waals surface area contributed by atoms with Gasteiger partial charge in [-0.05, 0) is 80.5 Å². The molecule has 8 rings (SSSR count). The topological polar surface area (TPSA) is 109 Å². The molecule has 1 aromatic heterocycles. The van der Waals surface area contributed by atoms with Crippen molar-refractivity contribution in [3.63, 3.8) is 0 Å². The lowest BCUT2D eigenvalue weighted by atomic mass is 9.68. The molecule has 0 radical (unpaired) electrons. The van der Waals surface area contributed by atoms with E-state index in [-0.39, 0.29) is 64.0 Å². The predicted molar refractivity (Wildman–Crippen MR) is 179 cm³/mol. The molecule has 7 atom stereocenters. The number of carbonyl (C=O) groups excluding carboxylic acids is 3. The molecule has 4 aromatic rings. The Morgan fingerprint density at radius 2 is 1.63 bits per heavy atom. The van der Waals surface area contributed by atoms with Crippen molar-refractivity contribution in [1.29, 1.82) is 0 Å².